The summed E-state index contributed by atoms with van der Waals surface area (Å²) >= 11 is 3.82. The van der Waals surface area contributed by atoms with Crippen molar-refractivity contribution in [1.29, 1.82) is 0 Å². The number of allylic oxidation sites excluding steroid dienone is 3. The first-order valence-electron chi connectivity index (χ1n) is 16.4. The molecule has 0 unspecified atom stereocenters. The Hall–Kier alpha value is -4.91. The second-order valence-electron chi connectivity index (χ2n) is 13.1. The van der Waals surface area contributed by atoms with Crippen LogP contribution in [0.5, 0.6) is 0 Å². The Kier molecular flexibility index (Phi) is 6.18. The Bertz CT molecular complexity index is 2470. The maximum absolute atomic E-state index is 5.32. The fourth-order valence-corrected chi connectivity index (χ4v) is 10.3. The largest absolute Gasteiger partial charge is 0.276 e. The van der Waals surface area contributed by atoms with Crippen LogP contribution >= 0.6 is 23.5 Å². The number of nitrogens with zero attached hydrogens (tertiary/aromatic N) is 4. The van der Waals surface area contributed by atoms with E-state index in [0.29, 0.717) is 17.6 Å². The normalized spacial score (nSPS) is 15.8. The van der Waals surface area contributed by atoms with E-state index in [1.807, 2.05) is 59.9 Å². The van der Waals surface area contributed by atoms with Crippen molar-refractivity contribution in [2.45, 2.75) is 41.9 Å². The molecular formula is C42H30N4S2. The van der Waals surface area contributed by atoms with Crippen LogP contribution in [0.2, 0.25) is 0 Å². The molecule has 6 heteroatoms. The number of rotatable bonds is 3. The van der Waals surface area contributed by atoms with E-state index in [2.05, 4.69) is 103 Å². The number of fused-ring (bicyclic) bond motifs is 9. The van der Waals surface area contributed by atoms with Crippen LogP contribution in [-0.2, 0) is 5.41 Å². The Morgan fingerprint density at radius 2 is 1.31 bits per heavy atom. The highest BCUT2D eigenvalue weighted by Crippen LogP contribution is 2.56. The molecule has 2 aliphatic carbocycles. The van der Waals surface area contributed by atoms with E-state index in [9.17, 15) is 0 Å². The monoisotopic (exact) mass is 654 g/mol. The van der Waals surface area contributed by atoms with Gasteiger partial charge in [-0.15, -0.1) is 0 Å². The molecule has 230 valence electrons. The lowest BCUT2D eigenvalue weighted by Crippen LogP contribution is -2.17. The molecule has 4 nitrogen and oxygen atoms in total. The first kappa shape index (κ1) is 28.1. The van der Waals surface area contributed by atoms with Crippen LogP contribution in [0.1, 0.15) is 37.8 Å². The molecule has 0 amide bonds. The molecule has 0 saturated heterocycles. The molecule has 7 aromatic rings. The van der Waals surface area contributed by atoms with Crippen molar-refractivity contribution in [2.24, 2.45) is 0 Å². The number of thioether (sulfide) groups is 2. The van der Waals surface area contributed by atoms with E-state index in [4.69, 9.17) is 15.0 Å². The molecule has 0 atom stereocenters. The lowest BCUT2D eigenvalue weighted by atomic mass is 9.81. The Morgan fingerprint density at radius 3 is 2.06 bits per heavy atom. The van der Waals surface area contributed by atoms with Crippen LogP contribution in [0.25, 0.3) is 61.7 Å². The van der Waals surface area contributed by atoms with Crippen LogP contribution in [0, 0.1) is 0 Å². The van der Waals surface area contributed by atoms with Gasteiger partial charge in [-0.1, -0.05) is 153 Å². The summed E-state index contributed by atoms with van der Waals surface area (Å²) in [5.74, 6) is 1.97. The van der Waals surface area contributed by atoms with Crippen molar-refractivity contribution in [3.05, 3.63) is 142 Å². The Balaban J connectivity index is 1.36. The third-order valence-electron chi connectivity index (χ3n) is 9.94. The molecule has 10 rings (SSSR count). The van der Waals surface area contributed by atoms with E-state index in [-0.39, 0.29) is 5.41 Å². The highest BCUT2D eigenvalue weighted by atomic mass is 32.2. The Morgan fingerprint density at radius 1 is 0.646 bits per heavy atom. The highest BCUT2D eigenvalue weighted by molar-refractivity contribution is 8.09. The summed E-state index contributed by atoms with van der Waals surface area (Å²) in [6.07, 6.45) is 6.82. The van der Waals surface area contributed by atoms with E-state index in [1.165, 1.54) is 58.1 Å². The molecule has 0 bridgehead atoms. The highest BCUT2D eigenvalue weighted by Gasteiger charge is 2.39. The van der Waals surface area contributed by atoms with Crippen molar-refractivity contribution >= 4 is 45.3 Å². The summed E-state index contributed by atoms with van der Waals surface area (Å²) in [7, 11) is 0. The van der Waals surface area contributed by atoms with Gasteiger partial charge in [-0.3, -0.25) is 4.57 Å². The molecule has 48 heavy (non-hydrogen) atoms. The van der Waals surface area contributed by atoms with Gasteiger partial charge in [0.05, 0.1) is 15.9 Å². The average Bonchev–Trinajstić information content (AvgIpc) is 3.60. The van der Waals surface area contributed by atoms with Crippen LogP contribution in [0.15, 0.2) is 141 Å². The van der Waals surface area contributed by atoms with Crippen LogP contribution in [0.4, 0.5) is 0 Å². The maximum Gasteiger partial charge on any atom is 0.238 e. The van der Waals surface area contributed by atoms with Gasteiger partial charge in [-0.25, -0.2) is 4.98 Å². The van der Waals surface area contributed by atoms with Gasteiger partial charge in [-0.05, 0) is 41.2 Å². The predicted octanol–water partition coefficient (Wildman–Crippen LogP) is 11.4. The summed E-state index contributed by atoms with van der Waals surface area (Å²) in [6.45, 7) is 4.72. The van der Waals surface area contributed by atoms with Gasteiger partial charge in [0.1, 0.15) is 0 Å². The topological polar surface area (TPSA) is 43.6 Å². The van der Waals surface area contributed by atoms with Gasteiger partial charge in [0.15, 0.2) is 11.6 Å². The molecule has 3 heterocycles. The van der Waals surface area contributed by atoms with Crippen LogP contribution in [0.3, 0.4) is 0 Å². The summed E-state index contributed by atoms with van der Waals surface area (Å²) in [5.41, 5.74) is 9.29. The van der Waals surface area contributed by atoms with E-state index in [1.54, 1.807) is 0 Å². The zero-order chi connectivity index (χ0) is 32.0. The van der Waals surface area contributed by atoms with E-state index < -0.39 is 0 Å². The average molecular weight is 655 g/mol. The summed E-state index contributed by atoms with van der Waals surface area (Å²) < 4.78 is 2.38. The lowest BCUT2D eigenvalue weighted by Gasteiger charge is -2.24. The third-order valence-corrected chi connectivity index (χ3v) is 12.6. The molecule has 0 radical (unpaired) electrons. The standard InChI is InChI=1S/C42H30N4S2/c1-42(2)31-18-10-9-17-27(31)28-21-22-29-30-23-24-34-38(48-33-20-12-11-19-32(33)47-34)37(30)46(36(29)35(28)42)41-44-39(25-13-5-3-6-14-25)43-40(45-41)26-15-7-4-8-16-26/h3-10,12-18,20-24H,11,19H2,1-2H3. The smallest absolute Gasteiger partial charge is 0.238 e. The molecule has 2 aromatic heterocycles. The fourth-order valence-electron chi connectivity index (χ4n) is 7.73. The van der Waals surface area contributed by atoms with Gasteiger partial charge in [0.2, 0.25) is 5.95 Å². The van der Waals surface area contributed by atoms with E-state index in [0.717, 1.165) is 29.5 Å². The lowest BCUT2D eigenvalue weighted by molar-refractivity contribution is 0.663. The second-order valence-corrected chi connectivity index (χ2v) is 15.3. The summed E-state index contributed by atoms with van der Waals surface area (Å²) in [4.78, 5) is 21.1. The molecule has 0 N–H and O–H groups in total. The number of hydrogen-bond acceptors (Lipinski definition) is 5. The zero-order valence-electron chi connectivity index (χ0n) is 26.6. The zero-order valence-corrected chi connectivity index (χ0v) is 28.2. The second kappa shape index (κ2) is 10.5. The fraction of sp³-hybridized carbons (Fsp3) is 0.119. The molecule has 1 aliphatic heterocycles. The van der Waals surface area contributed by atoms with Gasteiger partial charge >= 0.3 is 0 Å². The van der Waals surface area contributed by atoms with E-state index >= 15 is 0 Å². The van der Waals surface area contributed by atoms with Crippen molar-refractivity contribution in [3.63, 3.8) is 0 Å². The molecule has 0 spiro atoms. The van der Waals surface area contributed by atoms with Crippen molar-refractivity contribution < 1.29 is 0 Å². The van der Waals surface area contributed by atoms with Gasteiger partial charge in [-0.2, -0.15) is 9.97 Å². The van der Waals surface area contributed by atoms with Crippen LogP contribution in [-0.4, -0.2) is 19.5 Å². The van der Waals surface area contributed by atoms with Gasteiger partial charge < -0.3 is 0 Å². The first-order chi connectivity index (χ1) is 23.6. The molecule has 5 aromatic carbocycles. The SMILES string of the molecule is CC1(C)c2ccccc2-c2ccc3c4ccc5c(c4n(-c4nc(-c6ccccc6)nc(-c6ccccc6)n4)c3c21)SC1=C(CCC=C1)S5. The number of hydrogen-bond donors (Lipinski definition) is 0. The minimum atomic E-state index is -0.223. The minimum absolute atomic E-state index is 0.223. The summed E-state index contributed by atoms with van der Waals surface area (Å²) in [5, 5.41) is 2.44. The molecule has 0 fully saturated rings. The molecular weight excluding hydrogens is 625 g/mol. The van der Waals surface area contributed by atoms with Crippen molar-refractivity contribution in [3.8, 4) is 39.9 Å². The molecule has 0 saturated carbocycles. The van der Waals surface area contributed by atoms with Gasteiger partial charge in [0.25, 0.3) is 0 Å². The Labute approximate surface area is 287 Å². The maximum atomic E-state index is 5.32. The molecule has 3 aliphatic rings. The summed E-state index contributed by atoms with van der Waals surface area (Å²) in [6, 6.07) is 38.7. The van der Waals surface area contributed by atoms with Crippen molar-refractivity contribution in [1.82, 2.24) is 19.5 Å². The van der Waals surface area contributed by atoms with Gasteiger partial charge in [0, 0.05) is 42.0 Å². The van der Waals surface area contributed by atoms with Crippen LogP contribution < -0.4 is 0 Å². The quantitative estimate of drug-likeness (QED) is 0.190. The number of benzene rings is 5. The minimum Gasteiger partial charge on any atom is -0.276 e. The first-order valence-corrected chi connectivity index (χ1v) is 18.1. The number of aromatic nitrogens is 4. The van der Waals surface area contributed by atoms with Crippen molar-refractivity contribution in [2.75, 3.05) is 0 Å². The third kappa shape index (κ3) is 4.09. The predicted molar refractivity (Wildman–Crippen MR) is 200 cm³/mol.